The highest BCUT2D eigenvalue weighted by Crippen LogP contribution is 2.46. The average molecular weight is 930 g/mol. The van der Waals surface area contributed by atoms with Gasteiger partial charge in [-0.1, -0.05) is 26.0 Å². The molecule has 15 nitrogen and oxygen atoms in total. The van der Waals surface area contributed by atoms with E-state index in [0.29, 0.717) is 61.6 Å². The summed E-state index contributed by atoms with van der Waals surface area (Å²) in [5.74, 6) is -4.45. The quantitative estimate of drug-likeness (QED) is 0.169. The Morgan fingerprint density at radius 2 is 1.74 bits per heavy atom. The minimum absolute atomic E-state index is 0.00577. The molecule has 65 heavy (non-hydrogen) atoms. The minimum atomic E-state index is -4.98. The van der Waals surface area contributed by atoms with Gasteiger partial charge in [-0.3, -0.25) is 19.1 Å². The molecule has 0 spiro atoms. The predicted octanol–water partition coefficient (Wildman–Crippen LogP) is 6.82. The number of methoxy groups -OCH3 is 2. The van der Waals surface area contributed by atoms with Gasteiger partial charge in [0.05, 0.1) is 31.7 Å². The Kier molecular flexibility index (Phi) is 13.0. The second kappa shape index (κ2) is 17.9. The Hall–Kier alpha value is -5.79. The lowest BCUT2D eigenvalue weighted by molar-refractivity contribution is -0.243. The molecule has 6 atom stereocenters. The lowest BCUT2D eigenvalue weighted by atomic mass is 9.89. The van der Waals surface area contributed by atoms with E-state index in [2.05, 4.69) is 15.0 Å². The Bertz CT molecular complexity index is 2560. The number of hydrogen-bond acceptors (Lipinski definition) is 11. The zero-order valence-electron chi connectivity index (χ0n) is 36.7. The molecule has 20 heteroatoms. The number of alkyl halides is 3. The average Bonchev–Trinajstić information content (AvgIpc) is 4.17. The van der Waals surface area contributed by atoms with E-state index in [1.54, 1.807) is 43.3 Å². The highest BCUT2D eigenvalue weighted by Gasteiger charge is 2.62. The summed E-state index contributed by atoms with van der Waals surface area (Å²) in [5, 5.41) is 3.07. The van der Waals surface area contributed by atoms with Gasteiger partial charge in [0.2, 0.25) is 27.4 Å². The Balaban J connectivity index is 1.29. The summed E-state index contributed by atoms with van der Waals surface area (Å²) in [5.41, 5.74) is -4.50. The van der Waals surface area contributed by atoms with E-state index in [1.807, 2.05) is 13.0 Å². The van der Waals surface area contributed by atoms with Gasteiger partial charge in [-0.2, -0.15) is 18.2 Å². The summed E-state index contributed by atoms with van der Waals surface area (Å²) in [4.78, 5) is 66.3. The van der Waals surface area contributed by atoms with Crippen LogP contribution in [0, 0.1) is 23.6 Å². The number of allylic oxidation sites excluding steroid dienone is 1. The van der Waals surface area contributed by atoms with Gasteiger partial charge < -0.3 is 29.2 Å². The van der Waals surface area contributed by atoms with Crippen molar-refractivity contribution in [2.45, 2.75) is 107 Å². The molecular weight excluding hydrogens is 879 g/mol. The van der Waals surface area contributed by atoms with Crippen LogP contribution in [-0.4, -0.2) is 103 Å². The van der Waals surface area contributed by atoms with Crippen LogP contribution in [0.4, 0.5) is 22.4 Å². The number of rotatable bonds is 9. The van der Waals surface area contributed by atoms with Crippen molar-refractivity contribution in [3.05, 3.63) is 60.4 Å². The number of carbonyl (C=O) groups is 4. The van der Waals surface area contributed by atoms with Gasteiger partial charge in [-0.05, 0) is 106 Å². The lowest BCUT2D eigenvalue weighted by Gasteiger charge is -2.29. The number of ether oxygens (including phenoxy) is 4. The summed E-state index contributed by atoms with van der Waals surface area (Å²) in [7, 11) is -1.23. The number of aliphatic imine (C=N–C) groups is 1. The molecule has 350 valence electrons. The van der Waals surface area contributed by atoms with Gasteiger partial charge in [-0.25, -0.2) is 22.6 Å². The Morgan fingerprint density at radius 1 is 1.00 bits per heavy atom. The van der Waals surface area contributed by atoms with Crippen molar-refractivity contribution >= 4 is 50.3 Å². The molecule has 2 aliphatic carbocycles. The first-order valence-corrected chi connectivity index (χ1v) is 22.8. The molecule has 0 bridgehead atoms. The van der Waals surface area contributed by atoms with Gasteiger partial charge in [0.1, 0.15) is 29.1 Å². The first-order valence-electron chi connectivity index (χ1n) is 21.3. The molecule has 3 heterocycles. The number of halogens is 4. The summed E-state index contributed by atoms with van der Waals surface area (Å²) < 4.78 is 106. The number of aromatic nitrogens is 1. The third-order valence-electron chi connectivity index (χ3n) is 12.4. The SMILES string of the molecule is COc1ccc2c(O[C@@H]3C[C@H]4C(=O)N[C@]5(C(=O)NS(=O)(=O)C6CC6)C[C@H]5/C=C\CC[C@H](C)C[C@@H](C)C(=NC(=O)OC(C)(C)C(F)(F)F)C(=O)N4C3)nc(-c3ccc(OC)c(F)c3)cc2c1. The van der Waals surface area contributed by atoms with Crippen molar-refractivity contribution in [2.24, 2.45) is 22.7 Å². The normalized spacial score (nSPS) is 26.5. The van der Waals surface area contributed by atoms with E-state index in [0.717, 1.165) is 4.90 Å². The number of sulfonamides is 1. The second-order valence-electron chi connectivity index (χ2n) is 17.8. The number of amides is 4. The third kappa shape index (κ3) is 10.1. The number of fused-ring (bicyclic) bond motifs is 3. The molecule has 0 unspecified atom stereocenters. The van der Waals surface area contributed by atoms with Crippen molar-refractivity contribution in [3.63, 3.8) is 0 Å². The fourth-order valence-electron chi connectivity index (χ4n) is 8.26. The van der Waals surface area contributed by atoms with Crippen LogP contribution < -0.4 is 24.2 Å². The number of carbonyl (C=O) groups excluding carboxylic acids is 4. The summed E-state index contributed by atoms with van der Waals surface area (Å²) >= 11 is 0. The maximum Gasteiger partial charge on any atom is 0.434 e. The maximum absolute atomic E-state index is 15.0. The van der Waals surface area contributed by atoms with E-state index in [4.69, 9.17) is 23.9 Å². The number of hydrogen-bond donors (Lipinski definition) is 2. The smallest absolute Gasteiger partial charge is 0.434 e. The minimum Gasteiger partial charge on any atom is -0.497 e. The van der Waals surface area contributed by atoms with Crippen molar-refractivity contribution in [1.29, 1.82) is 0 Å². The Labute approximate surface area is 373 Å². The molecule has 3 fully saturated rings. The van der Waals surface area contributed by atoms with Crippen molar-refractivity contribution in [2.75, 3.05) is 20.8 Å². The lowest BCUT2D eigenvalue weighted by Crippen LogP contribution is -2.57. The third-order valence-corrected chi connectivity index (χ3v) is 14.2. The Morgan fingerprint density at radius 3 is 2.40 bits per heavy atom. The van der Waals surface area contributed by atoms with Gasteiger partial charge in [0.15, 0.2) is 11.6 Å². The van der Waals surface area contributed by atoms with Crippen LogP contribution in [0.2, 0.25) is 0 Å². The van der Waals surface area contributed by atoms with Gasteiger partial charge >= 0.3 is 12.3 Å². The summed E-state index contributed by atoms with van der Waals surface area (Å²) in [6.45, 7) is 4.43. The molecule has 2 N–H and O–H groups in total. The standard InChI is InChI=1S/C45H51F4N5O10S/c1-24-9-7-8-10-28-22-44(28,41(57)53-65(59,60)31-13-14-31)52-38(55)35-21-30(23-54(35)40(56)37(25(2)17-24)51-42(58)64-43(3,4)45(47,48)49)63-39-32-15-12-29(61-5)18-27(32)20-34(50-39)26-11-16-36(62-6)33(46)19-26/h8,10-12,15-16,18-20,24-25,28,30-31,35H,7,9,13-14,17,21-23H2,1-6H3,(H,52,55)(H,53,57)/b10-8-,51-37?/t24-,25+,28+,30+,35-,44+/m0/s1. The summed E-state index contributed by atoms with van der Waals surface area (Å²) in [6.07, 6.45) is -2.22. The number of nitrogens with zero attached hydrogens (tertiary/aromatic N) is 3. The van der Waals surface area contributed by atoms with Crippen molar-refractivity contribution in [3.8, 4) is 28.6 Å². The van der Waals surface area contributed by atoms with E-state index in [9.17, 15) is 45.2 Å². The van der Waals surface area contributed by atoms with Gasteiger partial charge in [0, 0.05) is 29.2 Å². The maximum atomic E-state index is 15.0. The number of pyridine rings is 1. The number of benzene rings is 2. The fraction of sp³-hybridized carbons (Fsp3) is 0.511. The predicted molar refractivity (Wildman–Crippen MR) is 229 cm³/mol. The number of nitrogens with one attached hydrogen (secondary N) is 2. The molecule has 2 aliphatic heterocycles. The molecule has 7 rings (SSSR count). The van der Waals surface area contributed by atoms with Crippen LogP contribution in [0.15, 0.2) is 59.6 Å². The first-order chi connectivity index (χ1) is 30.5. The van der Waals surface area contributed by atoms with E-state index in [-0.39, 0.29) is 49.0 Å². The van der Waals surface area contributed by atoms with Crippen LogP contribution in [0.3, 0.4) is 0 Å². The molecule has 1 aromatic heterocycles. The molecule has 4 aliphatic rings. The van der Waals surface area contributed by atoms with E-state index in [1.165, 1.54) is 26.4 Å². The van der Waals surface area contributed by atoms with Crippen LogP contribution in [0.25, 0.3) is 22.0 Å². The highest BCUT2D eigenvalue weighted by atomic mass is 32.2. The van der Waals surface area contributed by atoms with E-state index < -0.39 is 91.9 Å². The summed E-state index contributed by atoms with van der Waals surface area (Å²) in [6, 6.07) is 9.57. The van der Waals surface area contributed by atoms with Crippen molar-refractivity contribution < 1.29 is 64.1 Å². The van der Waals surface area contributed by atoms with E-state index >= 15 is 0 Å². The highest BCUT2D eigenvalue weighted by molar-refractivity contribution is 7.91. The molecule has 0 radical (unpaired) electrons. The molecule has 3 aromatic rings. The van der Waals surface area contributed by atoms with Crippen molar-refractivity contribution in [1.82, 2.24) is 19.9 Å². The molecular formula is C45H51F4N5O10S. The second-order valence-corrected chi connectivity index (χ2v) is 19.7. The molecule has 2 saturated carbocycles. The zero-order chi connectivity index (χ0) is 47.2. The zero-order valence-corrected chi connectivity index (χ0v) is 37.5. The molecule has 2 aromatic carbocycles. The topological polar surface area (TPSA) is 192 Å². The van der Waals surface area contributed by atoms with Gasteiger partial charge in [0.25, 0.3) is 11.8 Å². The fourth-order valence-corrected chi connectivity index (χ4v) is 9.63. The largest absolute Gasteiger partial charge is 0.497 e. The van der Waals surface area contributed by atoms with Gasteiger partial charge in [-0.15, -0.1) is 0 Å². The monoisotopic (exact) mass is 929 g/mol. The van der Waals surface area contributed by atoms with Crippen LogP contribution >= 0.6 is 0 Å². The molecule has 1 saturated heterocycles. The van der Waals surface area contributed by atoms with Crippen LogP contribution in [0.5, 0.6) is 17.4 Å². The first kappa shape index (κ1) is 47.2. The van der Waals surface area contributed by atoms with Crippen LogP contribution in [0.1, 0.15) is 72.6 Å². The molecule has 4 amide bonds. The van der Waals surface area contributed by atoms with Crippen LogP contribution in [-0.2, 0) is 29.1 Å².